The second-order valence-corrected chi connectivity index (χ2v) is 10.4. The van der Waals surface area contributed by atoms with Crippen molar-refractivity contribution in [2.45, 2.75) is 79.2 Å². The molecular formula is C28H35N3O2. The summed E-state index contributed by atoms with van der Waals surface area (Å²) in [4.78, 5) is 5.65. The van der Waals surface area contributed by atoms with Crippen molar-refractivity contribution < 1.29 is 9.25 Å². The fraction of sp³-hybridized carbons (Fsp3) is 0.464. The van der Waals surface area contributed by atoms with Crippen molar-refractivity contribution in [3.8, 4) is 11.1 Å². The van der Waals surface area contributed by atoms with E-state index in [1.165, 1.54) is 22.3 Å². The molecule has 33 heavy (non-hydrogen) atoms. The first-order chi connectivity index (χ1) is 15.7. The van der Waals surface area contributed by atoms with E-state index < -0.39 is 0 Å². The monoisotopic (exact) mass is 445 g/mol. The third kappa shape index (κ3) is 5.35. The lowest BCUT2D eigenvalue weighted by molar-refractivity contribution is 0.0863. The Kier molecular flexibility index (Phi) is 6.68. The predicted octanol–water partition coefficient (Wildman–Crippen LogP) is 6.94. The average Bonchev–Trinajstić information content (AvgIpc) is 3.34. The molecule has 0 bridgehead atoms. The van der Waals surface area contributed by atoms with Crippen LogP contribution >= 0.6 is 0 Å². The predicted molar refractivity (Wildman–Crippen MR) is 133 cm³/mol. The van der Waals surface area contributed by atoms with Crippen molar-refractivity contribution in [1.29, 1.82) is 0 Å². The molecule has 5 nitrogen and oxygen atoms in total. The van der Waals surface area contributed by atoms with Gasteiger partial charge in [0, 0.05) is 23.5 Å². The first-order valence-electron chi connectivity index (χ1n) is 12.0. The van der Waals surface area contributed by atoms with Crippen LogP contribution in [-0.2, 0) is 17.7 Å². The Bertz CT molecular complexity index is 1140. The third-order valence-corrected chi connectivity index (χ3v) is 6.09. The van der Waals surface area contributed by atoms with E-state index in [1.54, 1.807) is 0 Å². The number of hydrogen-bond acceptors (Lipinski definition) is 5. The Morgan fingerprint density at radius 1 is 0.939 bits per heavy atom. The zero-order valence-corrected chi connectivity index (χ0v) is 20.7. The maximum atomic E-state index is 5.83. The molecule has 0 N–H and O–H groups in total. The summed E-state index contributed by atoms with van der Waals surface area (Å²) in [6.45, 7) is 12.7. The van der Waals surface area contributed by atoms with Gasteiger partial charge >= 0.3 is 0 Å². The van der Waals surface area contributed by atoms with Gasteiger partial charge in [0.1, 0.15) is 11.8 Å². The number of aromatic nitrogens is 2. The maximum absolute atomic E-state index is 5.83. The molecule has 0 saturated heterocycles. The number of rotatable bonds is 9. The normalized spacial score (nSPS) is 14.2. The Balaban J connectivity index is 1.44. The molecule has 0 atom stereocenters. The van der Waals surface area contributed by atoms with E-state index >= 15 is 0 Å². The number of hydrogen-bond donors (Lipinski definition) is 0. The Morgan fingerprint density at radius 2 is 1.67 bits per heavy atom. The number of oxime groups is 1. The lowest BCUT2D eigenvalue weighted by Crippen LogP contribution is -2.15. The summed E-state index contributed by atoms with van der Waals surface area (Å²) in [7, 11) is 0. The standard InChI is InChI=1S/C28H35N3O2/c1-18(2)27-30-29-25(32-27)17-28(5,6)15-9-10-20-13-14-22-21-11-7-8-12-23(21)26(24(22)16-20)31-33-19(3)4/h7-8,11-14,16,18-19H,9-10,15,17H2,1-6H3/b31-26-. The van der Waals surface area contributed by atoms with Crippen LogP contribution in [0.3, 0.4) is 0 Å². The fourth-order valence-corrected chi connectivity index (χ4v) is 4.34. The minimum Gasteiger partial charge on any atom is -0.425 e. The molecule has 174 valence electrons. The number of fused-ring (bicyclic) bond motifs is 3. The molecule has 0 saturated carbocycles. The van der Waals surface area contributed by atoms with Gasteiger partial charge in [0.2, 0.25) is 11.8 Å². The zero-order valence-electron chi connectivity index (χ0n) is 20.7. The van der Waals surface area contributed by atoms with Crippen LogP contribution in [0.1, 0.15) is 88.8 Å². The summed E-state index contributed by atoms with van der Waals surface area (Å²) < 4.78 is 5.83. The smallest absolute Gasteiger partial charge is 0.219 e. The highest BCUT2D eigenvalue weighted by Crippen LogP contribution is 2.38. The van der Waals surface area contributed by atoms with Gasteiger partial charge in [0.05, 0.1) is 0 Å². The second-order valence-electron chi connectivity index (χ2n) is 10.4. The molecule has 1 aliphatic rings. The maximum Gasteiger partial charge on any atom is 0.219 e. The third-order valence-electron chi connectivity index (χ3n) is 6.09. The summed E-state index contributed by atoms with van der Waals surface area (Å²) >= 11 is 0. The Labute approximate surface area is 197 Å². The van der Waals surface area contributed by atoms with Gasteiger partial charge in [0.15, 0.2) is 0 Å². The number of benzene rings is 2. The molecule has 1 aromatic heterocycles. The summed E-state index contributed by atoms with van der Waals surface area (Å²) in [6.07, 6.45) is 4.05. The summed E-state index contributed by atoms with van der Waals surface area (Å²) in [5.41, 5.74) is 7.14. The van der Waals surface area contributed by atoms with E-state index in [9.17, 15) is 0 Å². The summed E-state index contributed by atoms with van der Waals surface area (Å²) in [6, 6.07) is 15.2. The van der Waals surface area contributed by atoms with Crippen LogP contribution in [0, 0.1) is 5.41 Å². The van der Waals surface area contributed by atoms with Crippen molar-refractivity contribution in [3.63, 3.8) is 0 Å². The molecule has 0 unspecified atom stereocenters. The molecule has 5 heteroatoms. The molecule has 0 spiro atoms. The van der Waals surface area contributed by atoms with Gasteiger partial charge < -0.3 is 9.25 Å². The lowest BCUT2D eigenvalue weighted by atomic mass is 9.83. The molecule has 4 rings (SSSR count). The highest BCUT2D eigenvalue weighted by Gasteiger charge is 2.26. The van der Waals surface area contributed by atoms with Gasteiger partial charge in [-0.3, -0.25) is 0 Å². The molecule has 0 fully saturated rings. The number of aryl methyl sites for hydroxylation is 1. The molecule has 2 aromatic carbocycles. The van der Waals surface area contributed by atoms with E-state index in [2.05, 4.69) is 85.5 Å². The first kappa shape index (κ1) is 23.2. The highest BCUT2D eigenvalue weighted by atomic mass is 16.6. The fourth-order valence-electron chi connectivity index (χ4n) is 4.34. The SMILES string of the molecule is CC(C)O/N=C1/c2ccccc2-c2ccc(CCCC(C)(C)Cc3nnc(C(C)C)o3)cc21. The van der Waals surface area contributed by atoms with Crippen LogP contribution in [-0.4, -0.2) is 22.0 Å². The molecule has 0 radical (unpaired) electrons. The van der Waals surface area contributed by atoms with Gasteiger partial charge in [0.25, 0.3) is 0 Å². The van der Waals surface area contributed by atoms with E-state index in [1.807, 2.05) is 13.8 Å². The van der Waals surface area contributed by atoms with Crippen molar-refractivity contribution in [1.82, 2.24) is 10.2 Å². The van der Waals surface area contributed by atoms with Crippen LogP contribution in [0.4, 0.5) is 0 Å². The minimum absolute atomic E-state index is 0.0506. The van der Waals surface area contributed by atoms with E-state index in [0.29, 0.717) is 0 Å². The average molecular weight is 446 g/mol. The van der Waals surface area contributed by atoms with Crippen molar-refractivity contribution >= 4 is 5.71 Å². The number of nitrogens with zero attached hydrogens (tertiary/aromatic N) is 3. The topological polar surface area (TPSA) is 60.5 Å². The van der Waals surface area contributed by atoms with Crippen LogP contribution < -0.4 is 0 Å². The first-order valence-corrected chi connectivity index (χ1v) is 12.0. The quantitative estimate of drug-likeness (QED) is 0.262. The molecule has 3 aromatic rings. The largest absolute Gasteiger partial charge is 0.425 e. The summed E-state index contributed by atoms with van der Waals surface area (Å²) in [5.74, 6) is 1.73. The molecule has 1 aliphatic carbocycles. The summed E-state index contributed by atoms with van der Waals surface area (Å²) in [5, 5.41) is 12.9. The van der Waals surface area contributed by atoms with Crippen molar-refractivity contribution in [2.75, 3.05) is 0 Å². The highest BCUT2D eigenvalue weighted by molar-refractivity contribution is 6.24. The molecule has 0 aliphatic heterocycles. The van der Waals surface area contributed by atoms with Crippen molar-refractivity contribution in [3.05, 3.63) is 70.9 Å². The van der Waals surface area contributed by atoms with Crippen LogP contribution in [0.25, 0.3) is 11.1 Å². The zero-order chi connectivity index (χ0) is 23.6. The van der Waals surface area contributed by atoms with E-state index in [-0.39, 0.29) is 17.4 Å². The molecular weight excluding hydrogens is 410 g/mol. The van der Waals surface area contributed by atoms with Gasteiger partial charge in [-0.2, -0.15) is 0 Å². The minimum atomic E-state index is 0.0506. The van der Waals surface area contributed by atoms with E-state index in [0.717, 1.165) is 48.7 Å². The van der Waals surface area contributed by atoms with Gasteiger partial charge in [-0.1, -0.05) is 69.2 Å². The van der Waals surface area contributed by atoms with Crippen molar-refractivity contribution in [2.24, 2.45) is 10.6 Å². The van der Waals surface area contributed by atoms with Crippen LogP contribution in [0.5, 0.6) is 0 Å². The second kappa shape index (κ2) is 9.50. The van der Waals surface area contributed by atoms with Crippen LogP contribution in [0.15, 0.2) is 52.0 Å². The van der Waals surface area contributed by atoms with Gasteiger partial charge in [-0.05, 0) is 61.3 Å². The molecule has 1 heterocycles. The van der Waals surface area contributed by atoms with Crippen LogP contribution in [0.2, 0.25) is 0 Å². The van der Waals surface area contributed by atoms with Gasteiger partial charge in [-0.25, -0.2) is 0 Å². The van der Waals surface area contributed by atoms with E-state index in [4.69, 9.17) is 9.25 Å². The lowest BCUT2D eigenvalue weighted by Gasteiger charge is -2.22. The Hall–Kier alpha value is -2.95. The van der Waals surface area contributed by atoms with Gasteiger partial charge in [-0.15, -0.1) is 10.2 Å². The Morgan fingerprint density at radius 3 is 2.36 bits per heavy atom. The molecule has 0 amide bonds.